The molecule has 5 atom stereocenters. The summed E-state index contributed by atoms with van der Waals surface area (Å²) in [7, 11) is 1.80. The third kappa shape index (κ3) is 10.6. The van der Waals surface area contributed by atoms with Crippen LogP contribution in [-0.4, -0.2) is 136 Å². The number of aliphatic hydroxyl groups is 3. The highest BCUT2D eigenvalue weighted by molar-refractivity contribution is 7.97. The zero-order valence-electron chi connectivity index (χ0n) is 28.8. The number of carboxylic acid groups (broad SMARTS) is 1. The summed E-state index contributed by atoms with van der Waals surface area (Å²) in [6, 6.07) is 12.6. The number of anilines is 2. The van der Waals surface area contributed by atoms with Crippen molar-refractivity contribution in [3.05, 3.63) is 59.9 Å². The third-order valence-corrected chi connectivity index (χ3v) is 9.18. The molecule has 0 radical (unpaired) electrons. The highest BCUT2D eigenvalue weighted by atomic mass is 32.2. The maximum absolute atomic E-state index is 13.5. The Labute approximate surface area is 308 Å². The number of carbonyl (C=O) groups excluding carboxylic acids is 2. The molecule has 3 aromatic rings. The van der Waals surface area contributed by atoms with Gasteiger partial charge in [-0.05, 0) is 37.2 Å². The Bertz CT molecular complexity index is 1720. The zero-order valence-corrected chi connectivity index (χ0v) is 29.6. The van der Waals surface area contributed by atoms with Crippen molar-refractivity contribution in [3.63, 3.8) is 0 Å². The van der Waals surface area contributed by atoms with Crippen molar-refractivity contribution in [3.8, 4) is 17.0 Å². The number of carboxylic acids is 1. The van der Waals surface area contributed by atoms with Crippen LogP contribution in [0.2, 0.25) is 0 Å². The van der Waals surface area contributed by atoms with Crippen LogP contribution in [0.3, 0.4) is 0 Å². The fourth-order valence-corrected chi connectivity index (χ4v) is 6.26. The van der Waals surface area contributed by atoms with Crippen LogP contribution in [0.1, 0.15) is 22.5 Å². The van der Waals surface area contributed by atoms with Crippen LogP contribution in [0.5, 0.6) is 5.75 Å². The number of amides is 1. The first-order valence-electron chi connectivity index (χ1n) is 16.7. The van der Waals surface area contributed by atoms with E-state index in [-0.39, 0.29) is 57.5 Å². The van der Waals surface area contributed by atoms with Crippen molar-refractivity contribution in [2.24, 2.45) is 0 Å². The number of nitrogen functional groups attached to an aromatic ring is 1. The van der Waals surface area contributed by atoms with E-state index in [2.05, 4.69) is 20.6 Å². The molecule has 4 heterocycles. The second kappa shape index (κ2) is 19.1. The predicted octanol–water partition coefficient (Wildman–Crippen LogP) is 0.258. The van der Waals surface area contributed by atoms with Gasteiger partial charge in [0.1, 0.15) is 30.7 Å². The lowest BCUT2D eigenvalue weighted by Crippen LogP contribution is -2.60. The van der Waals surface area contributed by atoms with Crippen molar-refractivity contribution in [2.75, 3.05) is 64.2 Å². The molecule has 3 aliphatic heterocycles. The average molecular weight is 759 g/mol. The maximum atomic E-state index is 13.5. The van der Waals surface area contributed by atoms with Crippen LogP contribution in [0.25, 0.3) is 11.3 Å². The molecule has 3 aliphatic rings. The number of aromatic nitrogens is 2. The van der Waals surface area contributed by atoms with Gasteiger partial charge in [0.25, 0.3) is 5.91 Å². The molecule has 5 unspecified atom stereocenters. The van der Waals surface area contributed by atoms with Gasteiger partial charge in [-0.2, -0.15) is 0 Å². The van der Waals surface area contributed by atoms with Gasteiger partial charge in [-0.1, -0.05) is 24.3 Å². The van der Waals surface area contributed by atoms with E-state index < -0.39 is 48.6 Å². The van der Waals surface area contributed by atoms with Crippen LogP contribution >= 0.6 is 11.9 Å². The van der Waals surface area contributed by atoms with Crippen molar-refractivity contribution in [1.82, 2.24) is 19.6 Å². The number of nitrogens with two attached hydrogens (primary N) is 1. The summed E-state index contributed by atoms with van der Waals surface area (Å²) in [6.07, 6.45) is -8.12. The van der Waals surface area contributed by atoms with Crippen LogP contribution in [-0.2, 0) is 35.1 Å². The number of fused-ring (bicyclic) bond motifs is 13. The average Bonchev–Trinajstić information content (AvgIpc) is 3.14. The number of hydrogen-bond acceptors (Lipinski definition) is 17. The lowest BCUT2D eigenvalue weighted by Gasteiger charge is -2.38. The van der Waals surface area contributed by atoms with Gasteiger partial charge in [0.15, 0.2) is 17.6 Å². The number of aliphatic hydroxyl groups excluding tert-OH is 3. The second-order valence-corrected chi connectivity index (χ2v) is 13.0. The first kappa shape index (κ1) is 39.8. The number of nitrogens with zero attached hydrogens (tertiary/aromatic N) is 3. The molecule has 1 fully saturated rings. The van der Waals surface area contributed by atoms with Crippen LogP contribution in [0.4, 0.5) is 11.5 Å². The molecule has 19 heteroatoms. The van der Waals surface area contributed by atoms with Crippen LogP contribution < -0.4 is 21.1 Å². The molecule has 1 amide bonds. The summed E-state index contributed by atoms with van der Waals surface area (Å²) in [4.78, 5) is 47.2. The Morgan fingerprint density at radius 2 is 1.77 bits per heavy atom. The summed E-state index contributed by atoms with van der Waals surface area (Å²) < 4.78 is 29.6. The van der Waals surface area contributed by atoms with E-state index in [0.717, 1.165) is 10.5 Å². The quantitative estimate of drug-likeness (QED) is 0.0968. The fraction of sp³-hybridized carbons (Fsp3) is 0.441. The van der Waals surface area contributed by atoms with Gasteiger partial charge in [-0.15, -0.1) is 0 Å². The molecule has 53 heavy (non-hydrogen) atoms. The van der Waals surface area contributed by atoms with Crippen molar-refractivity contribution < 1.29 is 58.5 Å². The number of benzene rings is 2. The molecule has 0 spiro atoms. The summed E-state index contributed by atoms with van der Waals surface area (Å²) in [5.74, 6) is -2.58. The normalized spacial score (nSPS) is 23.4. The Morgan fingerprint density at radius 3 is 2.51 bits per heavy atom. The lowest BCUT2D eigenvalue weighted by molar-refractivity contribution is -0.286. The van der Waals surface area contributed by atoms with Crippen molar-refractivity contribution in [1.29, 1.82) is 0 Å². The van der Waals surface area contributed by atoms with Gasteiger partial charge < -0.3 is 60.5 Å². The van der Waals surface area contributed by atoms with Crippen molar-refractivity contribution >= 4 is 41.3 Å². The number of para-hydroxylation sites is 1. The first-order valence-corrected chi connectivity index (χ1v) is 17.5. The van der Waals surface area contributed by atoms with Gasteiger partial charge in [-0.25, -0.2) is 19.1 Å². The monoisotopic (exact) mass is 758 g/mol. The molecule has 0 aliphatic carbocycles. The standard InChI is InChI=1S/C34H42N6O12S/c1-36-17-20-3-2-4-22-29(20)50-16-15-49-14-13-48-12-11-40(10-9-24(41)51-34-28(44)26(42)27(43)30(52-34)33(46)47)53-21-7-5-19(6-8-21)23-18-37-31(35)25(38-23)32(45)39-22/h2-8,18,26-28,30,34,36,42-44H,9-17H2,1H3,(H2,35,37)(H,39,45)(H,46,47). The van der Waals surface area contributed by atoms with Crippen LogP contribution in [0, 0.1) is 0 Å². The van der Waals surface area contributed by atoms with Gasteiger partial charge in [-0.3, -0.25) is 9.59 Å². The SMILES string of the molecule is CNCc1cccc2c1OCCOCCOCCN(CCC(=O)OC1OC(C(=O)O)C(O)C(O)C1O)Sc1ccc(cc1)-c1cnc(N)c(n1)C(=O)N2. The molecule has 1 saturated heterocycles. The minimum absolute atomic E-state index is 0.0495. The Morgan fingerprint density at radius 1 is 1.04 bits per heavy atom. The number of nitrogens with one attached hydrogen (secondary N) is 2. The Balaban J connectivity index is 1.30. The molecule has 6 rings (SSSR count). The largest absolute Gasteiger partial charge is 0.489 e. The van der Waals surface area contributed by atoms with E-state index in [0.29, 0.717) is 35.8 Å². The number of carbonyl (C=O) groups is 3. The molecule has 1 aromatic heterocycles. The highest BCUT2D eigenvalue weighted by Crippen LogP contribution is 2.31. The van der Waals surface area contributed by atoms with Gasteiger partial charge in [0.2, 0.25) is 6.29 Å². The fourth-order valence-electron chi connectivity index (χ4n) is 5.35. The van der Waals surface area contributed by atoms with E-state index in [1.807, 2.05) is 22.5 Å². The molecule has 4 bridgehead atoms. The summed E-state index contributed by atoms with van der Waals surface area (Å²) in [5, 5.41) is 45.4. The molecule has 286 valence electrons. The van der Waals surface area contributed by atoms with E-state index in [4.69, 9.17) is 29.4 Å². The van der Waals surface area contributed by atoms with E-state index in [1.54, 1.807) is 31.3 Å². The third-order valence-electron chi connectivity index (χ3n) is 8.07. The maximum Gasteiger partial charge on any atom is 0.335 e. The molecule has 0 saturated carbocycles. The van der Waals surface area contributed by atoms with E-state index >= 15 is 0 Å². The predicted molar refractivity (Wildman–Crippen MR) is 189 cm³/mol. The number of ether oxygens (including phenoxy) is 5. The highest BCUT2D eigenvalue weighted by Gasteiger charge is 2.48. The molecular formula is C34H42N6O12S. The van der Waals surface area contributed by atoms with E-state index in [9.17, 15) is 34.8 Å². The lowest BCUT2D eigenvalue weighted by atomic mass is 9.99. The van der Waals surface area contributed by atoms with Crippen molar-refractivity contribution in [2.45, 2.75) is 48.6 Å². The number of hydrogen-bond donors (Lipinski definition) is 7. The number of rotatable bonds is 7. The Kier molecular flexibility index (Phi) is 14.3. The minimum Gasteiger partial charge on any atom is -0.489 e. The molecule has 8 N–H and O–H groups in total. The topological polar surface area (TPSA) is 257 Å². The zero-order chi connectivity index (χ0) is 37.9. The van der Waals surface area contributed by atoms with Gasteiger partial charge in [0.05, 0.1) is 50.4 Å². The van der Waals surface area contributed by atoms with Crippen LogP contribution in [0.15, 0.2) is 53.6 Å². The second-order valence-electron chi connectivity index (χ2n) is 11.9. The first-order chi connectivity index (χ1) is 25.5. The number of esters is 1. The molecule has 2 aromatic carbocycles. The van der Waals surface area contributed by atoms with Gasteiger partial charge >= 0.3 is 11.9 Å². The summed E-state index contributed by atoms with van der Waals surface area (Å²) >= 11 is 1.32. The Hall–Kier alpha value is -4.44. The molecular weight excluding hydrogens is 716 g/mol. The smallest absolute Gasteiger partial charge is 0.335 e. The summed E-state index contributed by atoms with van der Waals surface area (Å²) in [6.45, 7) is 2.26. The van der Waals surface area contributed by atoms with Gasteiger partial charge in [0, 0.05) is 35.7 Å². The number of aliphatic carboxylic acids is 1. The minimum atomic E-state index is -1.91. The summed E-state index contributed by atoms with van der Waals surface area (Å²) in [5.41, 5.74) is 8.35. The molecule has 18 nitrogen and oxygen atoms in total. The van der Waals surface area contributed by atoms with E-state index in [1.165, 1.54) is 18.1 Å².